The average molecular weight is 255 g/mol. The zero-order chi connectivity index (χ0) is 12.7. The maximum Gasteiger partial charge on any atom is 0.226 e. The van der Waals surface area contributed by atoms with Gasteiger partial charge in [0.1, 0.15) is 0 Å². The van der Waals surface area contributed by atoms with E-state index in [2.05, 4.69) is 28.5 Å². The Balaban J connectivity index is 2.52. The SMILES string of the molecule is CCOc1cc(C)nc(NCCC(C)SC)n1. The van der Waals surface area contributed by atoms with E-state index in [9.17, 15) is 0 Å². The summed E-state index contributed by atoms with van der Waals surface area (Å²) in [7, 11) is 0. The van der Waals surface area contributed by atoms with Crippen LogP contribution in [0.5, 0.6) is 5.88 Å². The highest BCUT2D eigenvalue weighted by molar-refractivity contribution is 7.99. The molecule has 0 aliphatic rings. The molecule has 0 aromatic carbocycles. The number of ether oxygens (including phenoxy) is 1. The van der Waals surface area contributed by atoms with Crippen molar-refractivity contribution < 1.29 is 4.74 Å². The van der Waals surface area contributed by atoms with Crippen molar-refractivity contribution in [2.75, 3.05) is 24.7 Å². The summed E-state index contributed by atoms with van der Waals surface area (Å²) in [6, 6.07) is 1.85. The van der Waals surface area contributed by atoms with E-state index < -0.39 is 0 Å². The predicted octanol–water partition coefficient (Wildman–Crippen LogP) is 2.74. The Bertz CT molecular complexity index is 347. The number of aromatic nitrogens is 2. The van der Waals surface area contributed by atoms with E-state index in [0.29, 0.717) is 23.7 Å². The largest absolute Gasteiger partial charge is 0.478 e. The van der Waals surface area contributed by atoms with Gasteiger partial charge in [0.05, 0.1) is 6.61 Å². The summed E-state index contributed by atoms with van der Waals surface area (Å²) in [5.41, 5.74) is 0.920. The van der Waals surface area contributed by atoms with E-state index in [4.69, 9.17) is 4.74 Å². The Labute approximate surface area is 108 Å². The minimum atomic E-state index is 0.624. The molecule has 0 radical (unpaired) electrons. The molecule has 0 saturated heterocycles. The van der Waals surface area contributed by atoms with Crippen LogP contribution in [0, 0.1) is 6.92 Å². The van der Waals surface area contributed by atoms with Gasteiger partial charge in [0.2, 0.25) is 11.8 Å². The van der Waals surface area contributed by atoms with Gasteiger partial charge in [0.25, 0.3) is 0 Å². The van der Waals surface area contributed by atoms with E-state index in [0.717, 1.165) is 18.7 Å². The van der Waals surface area contributed by atoms with Gasteiger partial charge in [0.15, 0.2) is 0 Å². The topological polar surface area (TPSA) is 47.0 Å². The lowest BCUT2D eigenvalue weighted by Crippen LogP contribution is -2.11. The Morgan fingerprint density at radius 2 is 2.24 bits per heavy atom. The molecule has 0 amide bonds. The summed E-state index contributed by atoms with van der Waals surface area (Å²) in [6.45, 7) is 7.62. The van der Waals surface area contributed by atoms with Crippen LogP contribution in [0.1, 0.15) is 26.0 Å². The minimum Gasteiger partial charge on any atom is -0.478 e. The number of thioether (sulfide) groups is 1. The zero-order valence-electron chi connectivity index (χ0n) is 11.0. The van der Waals surface area contributed by atoms with E-state index in [-0.39, 0.29) is 0 Å². The van der Waals surface area contributed by atoms with Crippen molar-refractivity contribution in [1.29, 1.82) is 0 Å². The third kappa shape index (κ3) is 5.26. The molecule has 0 bridgehead atoms. The molecule has 0 fully saturated rings. The smallest absolute Gasteiger partial charge is 0.226 e. The fourth-order valence-corrected chi connectivity index (χ4v) is 1.70. The van der Waals surface area contributed by atoms with Crippen molar-refractivity contribution in [1.82, 2.24) is 9.97 Å². The van der Waals surface area contributed by atoms with Crippen molar-refractivity contribution in [2.24, 2.45) is 0 Å². The van der Waals surface area contributed by atoms with Crippen LogP contribution in [0.3, 0.4) is 0 Å². The van der Waals surface area contributed by atoms with E-state index in [1.807, 2.05) is 31.7 Å². The lowest BCUT2D eigenvalue weighted by Gasteiger charge is -2.10. The van der Waals surface area contributed by atoms with Crippen molar-refractivity contribution >= 4 is 17.7 Å². The summed E-state index contributed by atoms with van der Waals surface area (Å²) in [5, 5.41) is 3.89. The van der Waals surface area contributed by atoms with Crippen molar-refractivity contribution in [2.45, 2.75) is 32.4 Å². The van der Waals surface area contributed by atoms with Crippen LogP contribution in [0.25, 0.3) is 0 Å². The highest BCUT2D eigenvalue weighted by Gasteiger charge is 2.03. The first-order valence-electron chi connectivity index (χ1n) is 5.90. The molecule has 4 nitrogen and oxygen atoms in total. The molecule has 1 aromatic heterocycles. The van der Waals surface area contributed by atoms with Gasteiger partial charge in [-0.2, -0.15) is 16.7 Å². The van der Waals surface area contributed by atoms with Crippen molar-refractivity contribution in [3.05, 3.63) is 11.8 Å². The number of nitrogens with one attached hydrogen (secondary N) is 1. The lowest BCUT2D eigenvalue weighted by atomic mass is 10.3. The Kier molecular flexibility index (Phi) is 6.11. The van der Waals surface area contributed by atoms with Gasteiger partial charge in [0, 0.05) is 23.6 Å². The standard InChI is InChI=1S/C12H21N3OS/c1-5-16-11-8-9(2)14-12(15-11)13-7-6-10(3)17-4/h8,10H,5-7H2,1-4H3,(H,13,14,15). The van der Waals surface area contributed by atoms with Crippen molar-refractivity contribution in [3.63, 3.8) is 0 Å². The minimum absolute atomic E-state index is 0.624. The molecule has 0 spiro atoms. The van der Waals surface area contributed by atoms with Crippen LogP contribution < -0.4 is 10.1 Å². The molecule has 5 heteroatoms. The lowest BCUT2D eigenvalue weighted by molar-refractivity contribution is 0.326. The second-order valence-electron chi connectivity index (χ2n) is 3.87. The van der Waals surface area contributed by atoms with Gasteiger partial charge >= 0.3 is 0 Å². The molecule has 0 saturated carbocycles. The summed E-state index contributed by atoms with van der Waals surface area (Å²) < 4.78 is 5.38. The molecule has 0 aliphatic carbocycles. The van der Waals surface area contributed by atoms with Gasteiger partial charge in [-0.1, -0.05) is 6.92 Å². The molecule has 17 heavy (non-hydrogen) atoms. The first-order chi connectivity index (χ1) is 8.15. The molecular formula is C12H21N3OS. The van der Waals surface area contributed by atoms with E-state index in [1.54, 1.807) is 0 Å². The summed E-state index contributed by atoms with van der Waals surface area (Å²) >= 11 is 1.87. The maximum atomic E-state index is 5.38. The fraction of sp³-hybridized carbons (Fsp3) is 0.667. The Morgan fingerprint density at radius 1 is 1.47 bits per heavy atom. The second-order valence-corrected chi connectivity index (χ2v) is 5.14. The molecule has 1 unspecified atom stereocenters. The fourth-order valence-electron chi connectivity index (χ4n) is 1.35. The Morgan fingerprint density at radius 3 is 2.88 bits per heavy atom. The highest BCUT2D eigenvalue weighted by atomic mass is 32.2. The first kappa shape index (κ1) is 14.1. The summed E-state index contributed by atoms with van der Waals surface area (Å²) in [5.74, 6) is 1.29. The molecule has 1 rings (SSSR count). The number of anilines is 1. The van der Waals surface area contributed by atoms with Crippen molar-refractivity contribution in [3.8, 4) is 5.88 Å². The predicted molar refractivity (Wildman–Crippen MR) is 74.0 cm³/mol. The molecule has 1 aromatic rings. The number of hydrogen-bond donors (Lipinski definition) is 1. The van der Waals surface area contributed by atoms with Crippen LogP contribution in [0.2, 0.25) is 0 Å². The van der Waals surface area contributed by atoms with Gasteiger partial charge in [-0.15, -0.1) is 0 Å². The molecule has 96 valence electrons. The molecule has 1 heterocycles. The monoisotopic (exact) mass is 255 g/mol. The maximum absolute atomic E-state index is 5.38. The summed E-state index contributed by atoms with van der Waals surface area (Å²) in [6.07, 6.45) is 3.23. The van der Waals surface area contributed by atoms with Gasteiger partial charge in [-0.05, 0) is 26.5 Å². The van der Waals surface area contributed by atoms with Crippen LogP contribution >= 0.6 is 11.8 Å². The summed E-state index contributed by atoms with van der Waals surface area (Å²) in [4.78, 5) is 8.62. The normalized spacial score (nSPS) is 12.2. The van der Waals surface area contributed by atoms with Crippen LogP contribution in [-0.4, -0.2) is 34.6 Å². The quantitative estimate of drug-likeness (QED) is 0.811. The van der Waals surface area contributed by atoms with Crippen LogP contribution in [-0.2, 0) is 0 Å². The van der Waals surface area contributed by atoms with Gasteiger partial charge in [-0.25, -0.2) is 4.98 Å². The number of aryl methyl sites for hydroxylation is 1. The first-order valence-corrected chi connectivity index (χ1v) is 7.19. The van der Waals surface area contributed by atoms with Gasteiger partial charge < -0.3 is 10.1 Å². The van der Waals surface area contributed by atoms with E-state index >= 15 is 0 Å². The Hall–Kier alpha value is -0.970. The molecular weight excluding hydrogens is 234 g/mol. The highest BCUT2D eigenvalue weighted by Crippen LogP contribution is 2.13. The van der Waals surface area contributed by atoms with Crippen LogP contribution in [0.4, 0.5) is 5.95 Å². The van der Waals surface area contributed by atoms with Gasteiger partial charge in [-0.3, -0.25) is 0 Å². The number of nitrogens with zero attached hydrogens (tertiary/aromatic N) is 2. The zero-order valence-corrected chi connectivity index (χ0v) is 11.8. The number of hydrogen-bond acceptors (Lipinski definition) is 5. The number of rotatable bonds is 7. The molecule has 0 aliphatic heterocycles. The average Bonchev–Trinajstić information content (AvgIpc) is 2.28. The third-order valence-corrected chi connectivity index (χ3v) is 3.40. The second kappa shape index (κ2) is 7.37. The molecule has 1 N–H and O–H groups in total. The van der Waals surface area contributed by atoms with Crippen LogP contribution in [0.15, 0.2) is 6.07 Å². The third-order valence-electron chi connectivity index (χ3n) is 2.36. The molecule has 1 atom stereocenters. The van der Waals surface area contributed by atoms with E-state index in [1.165, 1.54) is 0 Å².